The zero-order chi connectivity index (χ0) is 12.8. The van der Waals surface area contributed by atoms with Gasteiger partial charge in [-0.2, -0.15) is 0 Å². The third kappa shape index (κ3) is 4.40. The summed E-state index contributed by atoms with van der Waals surface area (Å²) in [4.78, 5) is 21.8. The predicted molar refractivity (Wildman–Crippen MR) is 57.8 cm³/mol. The summed E-state index contributed by atoms with van der Waals surface area (Å²) in [5.74, 6) is -2.74. The van der Waals surface area contributed by atoms with E-state index < -0.39 is 23.7 Å². The van der Waals surface area contributed by atoms with E-state index in [-0.39, 0.29) is 12.3 Å². The van der Waals surface area contributed by atoms with E-state index in [4.69, 9.17) is 11.6 Å². The average molecular weight is 259 g/mol. The van der Waals surface area contributed by atoms with Gasteiger partial charge >= 0.3 is 0 Å². The molecule has 1 aromatic rings. The van der Waals surface area contributed by atoms with E-state index in [0.29, 0.717) is 5.56 Å². The highest BCUT2D eigenvalue weighted by Gasteiger charge is 2.13. The summed E-state index contributed by atoms with van der Waals surface area (Å²) in [5.41, 5.74) is 0.579. The van der Waals surface area contributed by atoms with Crippen LogP contribution in [-0.2, 0) is 16.0 Å². The maximum absolute atomic E-state index is 12.6. The maximum atomic E-state index is 12.6. The van der Waals surface area contributed by atoms with Crippen LogP contribution in [0.25, 0.3) is 0 Å². The average Bonchev–Trinajstić information content (AvgIpc) is 2.30. The molecule has 1 aromatic carbocycles. The highest BCUT2D eigenvalue weighted by molar-refractivity contribution is 6.27. The van der Waals surface area contributed by atoms with E-state index in [1.807, 2.05) is 0 Å². The summed E-state index contributed by atoms with van der Waals surface area (Å²) in [7, 11) is 0. The molecule has 0 unspecified atom stereocenters. The lowest BCUT2D eigenvalue weighted by Gasteiger charge is -2.19. The number of carboxylic acid groups (broad SMARTS) is 1. The van der Waals surface area contributed by atoms with Crippen LogP contribution < -0.4 is 10.4 Å². The molecule has 0 aliphatic carbocycles. The van der Waals surface area contributed by atoms with Crippen LogP contribution in [0.4, 0.5) is 4.39 Å². The first-order chi connectivity index (χ1) is 8.02. The number of carboxylic acids is 1. The van der Waals surface area contributed by atoms with Crippen molar-refractivity contribution in [1.29, 1.82) is 0 Å². The Balaban J connectivity index is 2.70. The third-order valence-electron chi connectivity index (χ3n) is 2.09. The third-order valence-corrected chi connectivity index (χ3v) is 2.34. The summed E-state index contributed by atoms with van der Waals surface area (Å²) in [6.45, 7) is 0. The molecule has 0 aromatic heterocycles. The fraction of sp³-hybridized carbons (Fsp3) is 0.273. The molecule has 0 saturated carbocycles. The molecule has 0 radical (unpaired) electrons. The largest absolute Gasteiger partial charge is 0.548 e. The molecule has 6 heteroatoms. The summed E-state index contributed by atoms with van der Waals surface area (Å²) in [6.07, 6.45) is 0.0191. The molecule has 1 atom stereocenters. The predicted octanol–water partition coefficient (Wildman–Crippen LogP) is -0.158. The number of hydrogen-bond acceptors (Lipinski definition) is 3. The number of carbonyl (C=O) groups excluding carboxylic acids is 2. The molecule has 1 rings (SSSR count). The molecular formula is C11H10ClFNO3-. The van der Waals surface area contributed by atoms with Crippen molar-refractivity contribution in [1.82, 2.24) is 5.32 Å². The van der Waals surface area contributed by atoms with Crippen LogP contribution in [0.15, 0.2) is 24.3 Å². The quantitative estimate of drug-likeness (QED) is 0.747. The van der Waals surface area contributed by atoms with Crippen LogP contribution in [0.5, 0.6) is 0 Å². The maximum Gasteiger partial charge on any atom is 0.235 e. The van der Waals surface area contributed by atoms with Gasteiger partial charge in [0.2, 0.25) is 5.91 Å². The van der Waals surface area contributed by atoms with Crippen molar-refractivity contribution in [3.8, 4) is 0 Å². The Kier molecular flexibility index (Phi) is 4.90. The highest BCUT2D eigenvalue weighted by atomic mass is 35.5. The number of amides is 1. The Labute approximate surface area is 102 Å². The van der Waals surface area contributed by atoms with Gasteiger partial charge in [-0.1, -0.05) is 12.1 Å². The fourth-order valence-electron chi connectivity index (χ4n) is 1.28. The first-order valence-electron chi connectivity index (χ1n) is 4.83. The van der Waals surface area contributed by atoms with E-state index in [2.05, 4.69) is 5.32 Å². The van der Waals surface area contributed by atoms with E-state index in [9.17, 15) is 19.1 Å². The number of benzene rings is 1. The topological polar surface area (TPSA) is 69.2 Å². The van der Waals surface area contributed by atoms with Crippen molar-refractivity contribution in [2.24, 2.45) is 0 Å². The lowest BCUT2D eigenvalue weighted by molar-refractivity contribution is -0.308. The Morgan fingerprint density at radius 3 is 2.41 bits per heavy atom. The zero-order valence-corrected chi connectivity index (χ0v) is 9.54. The Bertz CT molecular complexity index is 408. The SMILES string of the molecule is O=C(CCl)N[C@@H](Cc1ccc(F)cc1)C(=O)[O-]. The molecule has 1 N–H and O–H groups in total. The molecule has 0 spiro atoms. The van der Waals surface area contributed by atoms with Gasteiger partial charge in [0.05, 0.1) is 12.0 Å². The van der Waals surface area contributed by atoms with Crippen molar-refractivity contribution in [2.75, 3.05) is 5.88 Å². The number of halogens is 2. The number of aliphatic carboxylic acids is 1. The van der Waals surface area contributed by atoms with Crippen molar-refractivity contribution < 1.29 is 19.1 Å². The van der Waals surface area contributed by atoms with Gasteiger partial charge in [0, 0.05) is 0 Å². The molecule has 1 amide bonds. The first-order valence-corrected chi connectivity index (χ1v) is 5.37. The second kappa shape index (κ2) is 6.20. The van der Waals surface area contributed by atoms with Crippen LogP contribution in [0, 0.1) is 5.82 Å². The van der Waals surface area contributed by atoms with Crippen LogP contribution in [0.2, 0.25) is 0 Å². The summed E-state index contributed by atoms with van der Waals surface area (Å²) < 4.78 is 12.6. The summed E-state index contributed by atoms with van der Waals surface area (Å²) in [6, 6.07) is 4.14. The molecule has 17 heavy (non-hydrogen) atoms. The lowest BCUT2D eigenvalue weighted by Crippen LogP contribution is -2.49. The van der Waals surface area contributed by atoms with Gasteiger partial charge in [0.15, 0.2) is 0 Å². The molecule has 0 bridgehead atoms. The van der Waals surface area contributed by atoms with Crippen LogP contribution in [0.3, 0.4) is 0 Å². The zero-order valence-electron chi connectivity index (χ0n) is 8.78. The number of carbonyl (C=O) groups is 2. The van der Waals surface area contributed by atoms with Gasteiger partial charge < -0.3 is 15.2 Å². The molecule has 0 heterocycles. The molecule has 92 valence electrons. The van der Waals surface area contributed by atoms with Gasteiger partial charge in [0.1, 0.15) is 11.7 Å². The van der Waals surface area contributed by atoms with Crippen molar-refractivity contribution >= 4 is 23.5 Å². The molecule has 0 aliphatic heterocycles. The second-order valence-corrected chi connectivity index (χ2v) is 3.67. The van der Waals surface area contributed by atoms with Gasteiger partial charge in [0.25, 0.3) is 0 Å². The number of nitrogens with one attached hydrogen (secondary N) is 1. The highest BCUT2D eigenvalue weighted by Crippen LogP contribution is 2.05. The van der Waals surface area contributed by atoms with E-state index >= 15 is 0 Å². The molecule has 0 saturated heterocycles. The van der Waals surface area contributed by atoms with Gasteiger partial charge in [-0.3, -0.25) is 4.79 Å². The Morgan fingerprint density at radius 1 is 1.35 bits per heavy atom. The molecule has 0 aliphatic rings. The smallest absolute Gasteiger partial charge is 0.235 e. The summed E-state index contributed by atoms with van der Waals surface area (Å²) in [5, 5.41) is 13.0. The second-order valence-electron chi connectivity index (χ2n) is 3.40. The Hall–Kier alpha value is -1.62. The van der Waals surface area contributed by atoms with Crippen LogP contribution in [-0.4, -0.2) is 23.8 Å². The minimum atomic E-state index is -1.41. The monoisotopic (exact) mass is 258 g/mol. The Morgan fingerprint density at radius 2 is 1.94 bits per heavy atom. The van der Waals surface area contributed by atoms with Crippen molar-refractivity contribution in [3.05, 3.63) is 35.6 Å². The van der Waals surface area contributed by atoms with Crippen molar-refractivity contribution in [2.45, 2.75) is 12.5 Å². The molecular weight excluding hydrogens is 249 g/mol. The summed E-state index contributed by atoms with van der Waals surface area (Å²) >= 11 is 5.25. The van der Waals surface area contributed by atoms with Gasteiger partial charge in [-0.25, -0.2) is 4.39 Å². The van der Waals surface area contributed by atoms with Gasteiger partial charge in [-0.15, -0.1) is 11.6 Å². The molecule has 0 fully saturated rings. The van der Waals surface area contributed by atoms with E-state index in [1.165, 1.54) is 24.3 Å². The lowest BCUT2D eigenvalue weighted by atomic mass is 10.1. The van der Waals surface area contributed by atoms with Gasteiger partial charge in [-0.05, 0) is 24.1 Å². The van der Waals surface area contributed by atoms with Crippen LogP contribution in [0.1, 0.15) is 5.56 Å². The van der Waals surface area contributed by atoms with E-state index in [1.54, 1.807) is 0 Å². The minimum absolute atomic E-state index is 0.0191. The number of hydrogen-bond donors (Lipinski definition) is 1. The normalized spacial score (nSPS) is 11.9. The molecule has 4 nitrogen and oxygen atoms in total. The number of alkyl halides is 1. The van der Waals surface area contributed by atoms with E-state index in [0.717, 1.165) is 0 Å². The fourth-order valence-corrected chi connectivity index (χ4v) is 1.36. The minimum Gasteiger partial charge on any atom is -0.548 e. The van der Waals surface area contributed by atoms with Crippen molar-refractivity contribution in [3.63, 3.8) is 0 Å². The first kappa shape index (κ1) is 13.4. The standard InChI is InChI=1S/C11H11ClFNO3/c12-6-10(15)14-9(11(16)17)5-7-1-3-8(13)4-2-7/h1-4,9H,5-6H2,(H,14,15)(H,16,17)/p-1/t9-/m0/s1. The number of rotatable bonds is 5. The van der Waals surface area contributed by atoms with Crippen LogP contribution >= 0.6 is 11.6 Å².